The number of thiazole rings is 1. The first-order chi connectivity index (χ1) is 9.24. The molecule has 0 fully saturated rings. The summed E-state index contributed by atoms with van der Waals surface area (Å²) in [5.74, 6) is 0. The van der Waals surface area contributed by atoms with Gasteiger partial charge in [0.05, 0.1) is 18.4 Å². The van der Waals surface area contributed by atoms with Crippen molar-refractivity contribution in [1.82, 2.24) is 19.6 Å². The maximum Gasteiger partial charge on any atom is 0.307 e. The van der Waals surface area contributed by atoms with Gasteiger partial charge in [-0.15, -0.1) is 0 Å². The van der Waals surface area contributed by atoms with Crippen LogP contribution >= 0.6 is 11.3 Å². The van der Waals surface area contributed by atoms with Gasteiger partial charge in [0, 0.05) is 11.1 Å². The molecule has 1 aromatic carbocycles. The Balaban J connectivity index is 1.89. The Labute approximate surface area is 113 Å². The van der Waals surface area contributed by atoms with Crippen LogP contribution in [0.5, 0.6) is 0 Å². The lowest BCUT2D eigenvalue weighted by Crippen LogP contribution is -2.15. The predicted octanol–water partition coefficient (Wildman–Crippen LogP) is 1.85. The molecule has 3 rings (SSSR count). The van der Waals surface area contributed by atoms with Crippen molar-refractivity contribution in [3.8, 4) is 5.69 Å². The van der Waals surface area contributed by atoms with E-state index in [0.717, 1.165) is 17.1 Å². The first kappa shape index (κ1) is 11.9. The first-order valence-electron chi connectivity index (χ1n) is 5.85. The number of nitrogens with zero attached hydrogens (tertiary/aromatic N) is 4. The van der Waals surface area contributed by atoms with Crippen molar-refractivity contribution in [1.29, 1.82) is 0 Å². The number of benzene rings is 1. The minimum absolute atomic E-state index is 0.0340. The number of aromatic nitrogens is 4. The number of rotatable bonds is 3. The molecule has 2 heterocycles. The molecule has 3 aromatic rings. The Hall–Kier alpha value is -2.21. The lowest BCUT2D eigenvalue weighted by atomic mass is 10.3. The molecule has 0 N–H and O–H groups in total. The Morgan fingerprint density at radius 3 is 2.74 bits per heavy atom. The van der Waals surface area contributed by atoms with E-state index in [4.69, 9.17) is 0 Å². The quantitative estimate of drug-likeness (QED) is 0.731. The molecule has 19 heavy (non-hydrogen) atoms. The monoisotopic (exact) mass is 272 g/mol. The van der Waals surface area contributed by atoms with Gasteiger partial charge in [-0.2, -0.15) is 15.0 Å². The summed E-state index contributed by atoms with van der Waals surface area (Å²) in [4.78, 5) is 13.3. The molecule has 0 atom stereocenters. The zero-order chi connectivity index (χ0) is 13.2. The summed E-state index contributed by atoms with van der Waals surface area (Å²) >= 11 is 1.21. The van der Waals surface area contributed by atoms with E-state index in [2.05, 4.69) is 10.2 Å². The van der Waals surface area contributed by atoms with Crippen molar-refractivity contribution in [2.75, 3.05) is 0 Å². The van der Waals surface area contributed by atoms with Crippen LogP contribution in [0, 0.1) is 6.92 Å². The maximum atomic E-state index is 11.6. The molecule has 0 amide bonds. The molecule has 5 nitrogen and oxygen atoms in total. The van der Waals surface area contributed by atoms with Crippen LogP contribution in [0.3, 0.4) is 0 Å². The molecular formula is C13H12N4OS. The standard InChI is InChI=1S/C13H12N4OS/c1-10-9-19-13(18)16(10)8-11-7-14-17(15-11)12-5-3-2-4-6-12/h2-7,9H,8H2,1H3. The Kier molecular flexibility index (Phi) is 3.00. The second-order valence-electron chi connectivity index (χ2n) is 4.19. The third-order valence-electron chi connectivity index (χ3n) is 2.82. The molecule has 6 heteroatoms. The zero-order valence-electron chi connectivity index (χ0n) is 10.4. The van der Waals surface area contributed by atoms with Gasteiger partial charge in [-0.1, -0.05) is 29.5 Å². The van der Waals surface area contributed by atoms with Crippen LogP contribution in [0.2, 0.25) is 0 Å². The molecule has 0 bridgehead atoms. The van der Waals surface area contributed by atoms with Crippen LogP contribution in [0.1, 0.15) is 11.4 Å². The third kappa shape index (κ3) is 2.34. The second kappa shape index (κ2) is 4.81. The highest BCUT2D eigenvalue weighted by molar-refractivity contribution is 7.07. The number of hydrogen-bond donors (Lipinski definition) is 0. The highest BCUT2D eigenvalue weighted by atomic mass is 32.1. The molecule has 96 valence electrons. The fourth-order valence-corrected chi connectivity index (χ4v) is 2.55. The van der Waals surface area contributed by atoms with Crippen molar-refractivity contribution in [3.63, 3.8) is 0 Å². The molecule has 0 spiro atoms. The Morgan fingerprint density at radius 2 is 2.05 bits per heavy atom. The lowest BCUT2D eigenvalue weighted by molar-refractivity contribution is 0.697. The molecule has 2 aromatic heterocycles. The summed E-state index contributed by atoms with van der Waals surface area (Å²) in [6.45, 7) is 2.38. The number of para-hydroxylation sites is 1. The molecular weight excluding hydrogens is 260 g/mol. The highest BCUT2D eigenvalue weighted by Gasteiger charge is 2.07. The van der Waals surface area contributed by atoms with Crippen molar-refractivity contribution < 1.29 is 0 Å². The number of aryl methyl sites for hydroxylation is 1. The third-order valence-corrected chi connectivity index (χ3v) is 3.70. The van der Waals surface area contributed by atoms with Gasteiger partial charge in [0.2, 0.25) is 0 Å². The molecule has 0 aliphatic heterocycles. The van der Waals surface area contributed by atoms with Gasteiger partial charge in [-0.25, -0.2) is 0 Å². The van der Waals surface area contributed by atoms with Crippen LogP contribution in [0.25, 0.3) is 5.69 Å². The van der Waals surface area contributed by atoms with E-state index >= 15 is 0 Å². The second-order valence-corrected chi connectivity index (χ2v) is 5.01. The van der Waals surface area contributed by atoms with Crippen LogP contribution in [-0.2, 0) is 6.54 Å². The van der Waals surface area contributed by atoms with E-state index in [-0.39, 0.29) is 4.87 Å². The van der Waals surface area contributed by atoms with Gasteiger partial charge >= 0.3 is 4.87 Å². The predicted molar refractivity (Wildman–Crippen MR) is 73.8 cm³/mol. The van der Waals surface area contributed by atoms with Gasteiger partial charge in [-0.3, -0.25) is 9.36 Å². The smallest absolute Gasteiger partial charge is 0.297 e. The van der Waals surface area contributed by atoms with E-state index in [9.17, 15) is 4.79 Å². The van der Waals surface area contributed by atoms with Crippen LogP contribution in [-0.4, -0.2) is 19.6 Å². The van der Waals surface area contributed by atoms with Crippen LogP contribution < -0.4 is 4.87 Å². The van der Waals surface area contributed by atoms with Crippen molar-refractivity contribution in [3.05, 3.63) is 63.0 Å². The minimum atomic E-state index is 0.0340. The summed E-state index contributed by atoms with van der Waals surface area (Å²) in [6, 6.07) is 9.69. The van der Waals surface area contributed by atoms with Gasteiger partial charge in [0.25, 0.3) is 0 Å². The van der Waals surface area contributed by atoms with Gasteiger partial charge in [-0.05, 0) is 19.1 Å². The molecule has 0 unspecified atom stereocenters. The van der Waals surface area contributed by atoms with E-state index < -0.39 is 0 Å². The molecule has 0 saturated carbocycles. The largest absolute Gasteiger partial charge is 0.307 e. The van der Waals surface area contributed by atoms with E-state index in [0.29, 0.717) is 6.54 Å². The highest BCUT2D eigenvalue weighted by Crippen LogP contribution is 2.06. The van der Waals surface area contributed by atoms with Gasteiger partial charge in [0.15, 0.2) is 0 Å². The van der Waals surface area contributed by atoms with Crippen molar-refractivity contribution in [2.45, 2.75) is 13.5 Å². The summed E-state index contributed by atoms with van der Waals surface area (Å²) in [5.41, 5.74) is 2.62. The number of hydrogen-bond acceptors (Lipinski definition) is 4. The van der Waals surface area contributed by atoms with Crippen LogP contribution in [0.4, 0.5) is 0 Å². The maximum absolute atomic E-state index is 11.6. The fraction of sp³-hybridized carbons (Fsp3) is 0.154. The summed E-state index contributed by atoms with van der Waals surface area (Å²) in [5, 5.41) is 10.5. The first-order valence-corrected chi connectivity index (χ1v) is 6.73. The molecule has 0 aliphatic carbocycles. The van der Waals surface area contributed by atoms with Gasteiger partial charge in [0.1, 0.15) is 5.69 Å². The fourth-order valence-electron chi connectivity index (χ4n) is 1.81. The molecule has 0 radical (unpaired) electrons. The minimum Gasteiger partial charge on any atom is -0.297 e. The normalized spacial score (nSPS) is 10.8. The SMILES string of the molecule is Cc1csc(=O)n1Cc1cnn(-c2ccccc2)n1. The van der Waals surface area contributed by atoms with Crippen molar-refractivity contribution in [2.24, 2.45) is 0 Å². The lowest BCUT2D eigenvalue weighted by Gasteiger charge is -2.00. The van der Waals surface area contributed by atoms with Gasteiger partial charge < -0.3 is 0 Å². The summed E-state index contributed by atoms with van der Waals surface area (Å²) in [6.07, 6.45) is 1.69. The zero-order valence-corrected chi connectivity index (χ0v) is 11.2. The average Bonchev–Trinajstić information content (AvgIpc) is 3.02. The molecule has 0 saturated heterocycles. The Morgan fingerprint density at radius 1 is 1.26 bits per heavy atom. The average molecular weight is 272 g/mol. The molecule has 0 aliphatic rings. The van der Waals surface area contributed by atoms with E-state index in [1.165, 1.54) is 11.3 Å². The van der Waals surface area contributed by atoms with Crippen LogP contribution in [0.15, 0.2) is 46.7 Å². The van der Waals surface area contributed by atoms with E-state index in [1.54, 1.807) is 15.6 Å². The van der Waals surface area contributed by atoms with E-state index in [1.807, 2.05) is 42.6 Å². The Bertz CT molecular complexity index is 741. The summed E-state index contributed by atoms with van der Waals surface area (Å²) in [7, 11) is 0. The van der Waals surface area contributed by atoms with Crippen molar-refractivity contribution >= 4 is 11.3 Å². The summed E-state index contributed by atoms with van der Waals surface area (Å²) < 4.78 is 1.70. The topological polar surface area (TPSA) is 52.7 Å².